The highest BCUT2D eigenvalue weighted by Crippen LogP contribution is 2.05. The van der Waals surface area contributed by atoms with Gasteiger partial charge in [-0.15, -0.1) is 0 Å². The number of rotatable bonds is 4. The van der Waals surface area contributed by atoms with E-state index in [2.05, 4.69) is 11.2 Å². The zero-order valence-electron chi connectivity index (χ0n) is 7.03. The lowest BCUT2D eigenvalue weighted by Crippen LogP contribution is -1.98. The largest absolute Gasteiger partial charge is 0.271 e. The molecule has 0 saturated heterocycles. The van der Waals surface area contributed by atoms with Crippen LogP contribution in [0, 0.1) is 11.3 Å². The minimum Gasteiger partial charge on any atom is -0.271 e. The molecular weight excluding hydrogens is 170 g/mol. The summed E-state index contributed by atoms with van der Waals surface area (Å²) in [4.78, 5) is 0. The molecule has 0 radical (unpaired) electrons. The third kappa shape index (κ3) is 2.59. The predicted molar refractivity (Wildman–Crippen MR) is 49.7 cm³/mol. The first-order valence-corrected chi connectivity index (χ1v) is 5.14. The normalized spacial score (nSPS) is 9.67. The molecule has 0 aromatic carbocycles. The summed E-state index contributed by atoms with van der Waals surface area (Å²) < 4.78 is 1.81. The lowest BCUT2D eigenvalue weighted by molar-refractivity contribution is 0.622. The Labute approximate surface area is 76.4 Å². The third-order valence-corrected chi connectivity index (χ3v) is 2.03. The summed E-state index contributed by atoms with van der Waals surface area (Å²) in [5, 5.41) is 12.6. The molecule has 0 aliphatic rings. The molecule has 0 saturated carbocycles. The number of aryl methyl sites for hydroxylation is 1. The van der Waals surface area contributed by atoms with Gasteiger partial charge >= 0.3 is 0 Å². The fourth-order valence-electron chi connectivity index (χ4n) is 0.918. The summed E-state index contributed by atoms with van der Waals surface area (Å²) in [5.74, 6) is 0.944. The van der Waals surface area contributed by atoms with Crippen LogP contribution in [-0.4, -0.2) is 16.0 Å². The summed E-state index contributed by atoms with van der Waals surface area (Å²) in [7, 11) is 0. The van der Waals surface area contributed by atoms with E-state index in [9.17, 15) is 0 Å². The Balaban J connectivity index is 2.47. The topological polar surface area (TPSA) is 41.6 Å². The first-order chi connectivity index (χ1) is 5.86. The van der Waals surface area contributed by atoms with E-state index in [0.717, 1.165) is 11.4 Å². The van der Waals surface area contributed by atoms with Crippen molar-refractivity contribution in [2.24, 2.45) is 0 Å². The highest BCUT2D eigenvalue weighted by atomic mass is 32.2. The minimum absolute atomic E-state index is 0.528. The van der Waals surface area contributed by atoms with E-state index in [-0.39, 0.29) is 0 Å². The molecular formula is C8H11N3S. The number of thioether (sulfide) groups is 1. The van der Waals surface area contributed by atoms with Crippen LogP contribution in [0.5, 0.6) is 0 Å². The molecule has 0 aliphatic heterocycles. The Morgan fingerprint density at radius 3 is 3.25 bits per heavy atom. The summed E-state index contributed by atoms with van der Waals surface area (Å²) in [6.45, 7) is 0.699. The Kier molecular flexibility index (Phi) is 3.68. The maximum atomic E-state index is 8.34. The highest BCUT2D eigenvalue weighted by Gasteiger charge is 1.96. The molecule has 0 fully saturated rings. The molecule has 0 spiro atoms. The molecule has 0 aliphatic carbocycles. The van der Waals surface area contributed by atoms with Crippen molar-refractivity contribution >= 4 is 11.8 Å². The van der Waals surface area contributed by atoms with Gasteiger partial charge in [0.2, 0.25) is 0 Å². The van der Waals surface area contributed by atoms with Crippen molar-refractivity contribution < 1.29 is 0 Å². The maximum absolute atomic E-state index is 8.34. The molecule has 3 nitrogen and oxygen atoms in total. The zero-order chi connectivity index (χ0) is 8.81. The molecule has 0 atom stereocenters. The van der Waals surface area contributed by atoms with Crippen LogP contribution < -0.4 is 0 Å². The van der Waals surface area contributed by atoms with Crippen LogP contribution in [0.4, 0.5) is 0 Å². The van der Waals surface area contributed by atoms with Gasteiger partial charge < -0.3 is 0 Å². The number of hydrogen-bond acceptors (Lipinski definition) is 3. The second-order valence-corrected chi connectivity index (χ2v) is 3.28. The predicted octanol–water partition coefficient (Wildman–Crippen LogP) is 1.66. The van der Waals surface area contributed by atoms with Crippen LogP contribution in [0.2, 0.25) is 0 Å². The van der Waals surface area contributed by atoms with E-state index < -0.39 is 0 Å². The number of aromatic nitrogens is 2. The van der Waals surface area contributed by atoms with Gasteiger partial charge in [0.25, 0.3) is 0 Å². The van der Waals surface area contributed by atoms with Gasteiger partial charge in [0.15, 0.2) is 0 Å². The van der Waals surface area contributed by atoms with Gasteiger partial charge in [0.05, 0.1) is 24.7 Å². The molecule has 0 N–H and O–H groups in total. The van der Waals surface area contributed by atoms with Gasteiger partial charge in [-0.05, 0) is 12.3 Å². The summed E-state index contributed by atoms with van der Waals surface area (Å²) in [5.41, 5.74) is 1.08. The average Bonchev–Trinajstić information content (AvgIpc) is 2.50. The molecule has 0 unspecified atom stereocenters. The Morgan fingerprint density at radius 2 is 2.58 bits per heavy atom. The fourth-order valence-corrected chi connectivity index (χ4v) is 1.37. The van der Waals surface area contributed by atoms with Crippen LogP contribution in [0.3, 0.4) is 0 Å². The summed E-state index contributed by atoms with van der Waals surface area (Å²) >= 11 is 1.75. The van der Waals surface area contributed by atoms with Crippen molar-refractivity contribution in [2.75, 3.05) is 6.26 Å². The van der Waals surface area contributed by atoms with Gasteiger partial charge in [0, 0.05) is 11.9 Å². The van der Waals surface area contributed by atoms with Crippen LogP contribution in [0.15, 0.2) is 12.3 Å². The minimum atomic E-state index is 0.528. The number of hydrogen-bond donors (Lipinski definition) is 0. The van der Waals surface area contributed by atoms with Crippen molar-refractivity contribution in [3.05, 3.63) is 18.0 Å². The smallest absolute Gasteiger partial charge is 0.0723 e. The van der Waals surface area contributed by atoms with Crippen LogP contribution >= 0.6 is 11.8 Å². The van der Waals surface area contributed by atoms with Crippen LogP contribution in [-0.2, 0) is 12.3 Å². The lowest BCUT2D eigenvalue weighted by atomic mass is 10.5. The van der Waals surface area contributed by atoms with Crippen LogP contribution in [0.25, 0.3) is 0 Å². The maximum Gasteiger partial charge on any atom is 0.0723 e. The number of nitrogens with zero attached hydrogens (tertiary/aromatic N) is 3. The molecule has 4 heteroatoms. The average molecular weight is 181 g/mol. The Morgan fingerprint density at radius 1 is 1.75 bits per heavy atom. The van der Waals surface area contributed by atoms with E-state index in [1.165, 1.54) is 0 Å². The highest BCUT2D eigenvalue weighted by molar-refractivity contribution is 7.97. The SMILES string of the molecule is CSCc1ccn(CCC#N)n1. The lowest BCUT2D eigenvalue weighted by Gasteiger charge is -1.94. The Hall–Kier alpha value is -0.950. The van der Waals surface area contributed by atoms with Gasteiger partial charge in [0.1, 0.15) is 0 Å². The fraction of sp³-hybridized carbons (Fsp3) is 0.500. The van der Waals surface area contributed by atoms with E-state index >= 15 is 0 Å². The van der Waals surface area contributed by atoms with Crippen LogP contribution in [0.1, 0.15) is 12.1 Å². The second-order valence-electron chi connectivity index (χ2n) is 2.41. The molecule has 1 rings (SSSR count). The molecule has 12 heavy (non-hydrogen) atoms. The van der Waals surface area contributed by atoms with Gasteiger partial charge in [-0.25, -0.2) is 0 Å². The summed E-state index contributed by atoms with van der Waals surface area (Å²) in [6.07, 6.45) is 4.50. The molecule has 0 bridgehead atoms. The van der Waals surface area contributed by atoms with Crippen molar-refractivity contribution in [1.29, 1.82) is 5.26 Å². The second kappa shape index (κ2) is 4.83. The Bertz CT molecular complexity index is 274. The van der Waals surface area contributed by atoms with Crippen molar-refractivity contribution in [3.8, 4) is 6.07 Å². The van der Waals surface area contributed by atoms with E-state index in [4.69, 9.17) is 5.26 Å². The van der Waals surface area contributed by atoms with Gasteiger partial charge in [-0.1, -0.05) is 0 Å². The molecule has 1 heterocycles. The van der Waals surface area contributed by atoms with Crippen molar-refractivity contribution in [1.82, 2.24) is 9.78 Å². The molecule has 1 aromatic heterocycles. The molecule has 1 aromatic rings. The number of nitriles is 1. The van der Waals surface area contributed by atoms with Gasteiger partial charge in [-0.3, -0.25) is 4.68 Å². The molecule has 64 valence electrons. The van der Waals surface area contributed by atoms with E-state index in [1.807, 2.05) is 23.2 Å². The van der Waals surface area contributed by atoms with Crippen molar-refractivity contribution in [3.63, 3.8) is 0 Å². The first-order valence-electron chi connectivity index (χ1n) is 3.75. The van der Waals surface area contributed by atoms with E-state index in [0.29, 0.717) is 13.0 Å². The van der Waals surface area contributed by atoms with Crippen molar-refractivity contribution in [2.45, 2.75) is 18.7 Å². The van der Waals surface area contributed by atoms with Gasteiger partial charge in [-0.2, -0.15) is 22.1 Å². The molecule has 0 amide bonds. The van der Waals surface area contributed by atoms with E-state index in [1.54, 1.807) is 11.8 Å². The standard InChI is InChI=1S/C8H11N3S/c1-12-7-8-3-6-11(10-8)5-2-4-9/h3,6H,2,5,7H2,1H3. The monoisotopic (exact) mass is 181 g/mol. The first kappa shape index (κ1) is 9.14. The summed E-state index contributed by atoms with van der Waals surface area (Å²) in [6, 6.07) is 4.09. The quantitative estimate of drug-likeness (QED) is 0.709. The third-order valence-electron chi connectivity index (χ3n) is 1.44. The zero-order valence-corrected chi connectivity index (χ0v) is 7.84.